The second-order valence-corrected chi connectivity index (χ2v) is 6.45. The van der Waals surface area contributed by atoms with Gasteiger partial charge in [0.1, 0.15) is 0 Å². The highest BCUT2D eigenvalue weighted by Gasteiger charge is 2.17. The molecule has 0 aliphatic rings. The van der Waals surface area contributed by atoms with Crippen molar-refractivity contribution >= 4 is 23.0 Å². The van der Waals surface area contributed by atoms with Gasteiger partial charge in [0, 0.05) is 6.20 Å². The van der Waals surface area contributed by atoms with Crippen LogP contribution in [0.4, 0.5) is 5.69 Å². The highest BCUT2D eigenvalue weighted by molar-refractivity contribution is 7.80. The number of aromatic nitrogens is 1. The first-order valence-corrected chi connectivity index (χ1v) is 8.64. The zero-order valence-corrected chi connectivity index (χ0v) is 15.2. The van der Waals surface area contributed by atoms with E-state index in [0.717, 1.165) is 5.69 Å². The summed E-state index contributed by atoms with van der Waals surface area (Å²) in [4.78, 5) is 4.11. The molecule has 1 atom stereocenters. The van der Waals surface area contributed by atoms with Crippen molar-refractivity contribution in [3.8, 4) is 0 Å². The molecule has 25 heavy (non-hydrogen) atoms. The minimum absolute atomic E-state index is 0.0153. The number of benzene rings is 2. The largest absolute Gasteiger partial charge is 0.352 e. The second kappa shape index (κ2) is 7.90. The van der Waals surface area contributed by atoms with Gasteiger partial charge >= 0.3 is 0 Å². The zero-order chi connectivity index (χ0) is 17.6. The Balaban J connectivity index is 1.88. The van der Waals surface area contributed by atoms with Gasteiger partial charge in [0.2, 0.25) is 0 Å². The van der Waals surface area contributed by atoms with Gasteiger partial charge in [0.15, 0.2) is 5.11 Å². The summed E-state index contributed by atoms with van der Waals surface area (Å²) in [6, 6.07) is 20.7. The molecule has 2 N–H and O–H groups in total. The molecule has 0 fully saturated rings. The Morgan fingerprint density at radius 1 is 1.00 bits per heavy atom. The molecule has 2 aromatic carbocycles. The SMILES string of the molecule is Cc1ccc([C@H](NC(=S)Nc2cccnc2)c2ccccc2)c(C)c1. The van der Waals surface area contributed by atoms with E-state index in [-0.39, 0.29) is 6.04 Å². The standard InChI is InChI=1S/C21H21N3S/c1-15-10-11-19(16(2)13-15)20(17-7-4-3-5-8-17)24-21(25)23-18-9-6-12-22-14-18/h3-14,20H,1-2H3,(H2,23,24,25)/t20-/m1/s1. The van der Waals surface area contributed by atoms with E-state index in [1.54, 1.807) is 12.4 Å². The van der Waals surface area contributed by atoms with E-state index >= 15 is 0 Å². The minimum Gasteiger partial charge on any atom is -0.352 e. The summed E-state index contributed by atoms with van der Waals surface area (Å²) in [7, 11) is 0. The lowest BCUT2D eigenvalue weighted by Crippen LogP contribution is -2.33. The first-order chi connectivity index (χ1) is 12.1. The quantitative estimate of drug-likeness (QED) is 0.666. The van der Waals surface area contributed by atoms with Crippen molar-refractivity contribution in [1.29, 1.82) is 0 Å². The Hall–Kier alpha value is -2.72. The Morgan fingerprint density at radius 2 is 1.80 bits per heavy atom. The van der Waals surface area contributed by atoms with E-state index in [4.69, 9.17) is 12.2 Å². The first kappa shape index (κ1) is 17.1. The summed E-state index contributed by atoms with van der Waals surface area (Å²) < 4.78 is 0. The van der Waals surface area contributed by atoms with Gasteiger partial charge in [-0.1, -0.05) is 54.1 Å². The van der Waals surface area contributed by atoms with E-state index in [0.29, 0.717) is 5.11 Å². The number of pyridine rings is 1. The summed E-state index contributed by atoms with van der Waals surface area (Å²) in [5, 5.41) is 7.22. The van der Waals surface area contributed by atoms with Crippen LogP contribution < -0.4 is 10.6 Å². The normalized spacial score (nSPS) is 11.6. The van der Waals surface area contributed by atoms with Crippen molar-refractivity contribution in [2.45, 2.75) is 19.9 Å². The number of rotatable bonds is 4. The van der Waals surface area contributed by atoms with Crippen molar-refractivity contribution in [3.05, 3.63) is 95.3 Å². The van der Waals surface area contributed by atoms with Crippen LogP contribution in [0.1, 0.15) is 28.3 Å². The maximum absolute atomic E-state index is 5.53. The van der Waals surface area contributed by atoms with Crippen LogP contribution in [0, 0.1) is 13.8 Å². The number of nitrogens with zero attached hydrogens (tertiary/aromatic N) is 1. The monoisotopic (exact) mass is 347 g/mol. The fourth-order valence-corrected chi connectivity index (χ4v) is 3.11. The third-order valence-electron chi connectivity index (χ3n) is 4.06. The molecule has 0 spiro atoms. The molecule has 0 aliphatic heterocycles. The Morgan fingerprint density at radius 3 is 2.48 bits per heavy atom. The van der Waals surface area contributed by atoms with Gasteiger partial charge in [-0.3, -0.25) is 4.98 Å². The molecule has 1 aromatic heterocycles. The second-order valence-electron chi connectivity index (χ2n) is 6.04. The van der Waals surface area contributed by atoms with Gasteiger partial charge < -0.3 is 10.6 Å². The van der Waals surface area contributed by atoms with Gasteiger partial charge in [-0.15, -0.1) is 0 Å². The van der Waals surface area contributed by atoms with Crippen LogP contribution in [0.25, 0.3) is 0 Å². The van der Waals surface area contributed by atoms with E-state index in [1.807, 2.05) is 30.3 Å². The molecule has 0 aliphatic carbocycles. The zero-order valence-electron chi connectivity index (χ0n) is 14.4. The van der Waals surface area contributed by atoms with Gasteiger partial charge in [-0.25, -0.2) is 0 Å². The number of thiocarbonyl (C=S) groups is 1. The van der Waals surface area contributed by atoms with E-state index in [1.165, 1.54) is 22.3 Å². The molecule has 3 aromatic rings. The predicted molar refractivity (Wildman–Crippen MR) is 108 cm³/mol. The van der Waals surface area contributed by atoms with Crippen LogP contribution in [0.15, 0.2) is 73.1 Å². The number of anilines is 1. The highest BCUT2D eigenvalue weighted by atomic mass is 32.1. The molecule has 0 radical (unpaired) electrons. The predicted octanol–water partition coefficient (Wildman–Crippen LogP) is 4.77. The van der Waals surface area contributed by atoms with Gasteiger partial charge in [0.05, 0.1) is 17.9 Å². The van der Waals surface area contributed by atoms with Crippen molar-refractivity contribution < 1.29 is 0 Å². The number of aryl methyl sites for hydroxylation is 2. The third-order valence-corrected chi connectivity index (χ3v) is 4.28. The van der Waals surface area contributed by atoms with Crippen LogP contribution in [0.5, 0.6) is 0 Å². The maximum atomic E-state index is 5.53. The molecule has 3 rings (SSSR count). The van der Waals surface area contributed by atoms with Crippen LogP contribution >= 0.6 is 12.2 Å². The maximum Gasteiger partial charge on any atom is 0.171 e. The van der Waals surface area contributed by atoms with Crippen molar-refractivity contribution in [1.82, 2.24) is 10.3 Å². The third kappa shape index (κ3) is 4.43. The van der Waals surface area contributed by atoms with Crippen LogP contribution in [-0.2, 0) is 0 Å². The van der Waals surface area contributed by atoms with Crippen LogP contribution in [0.2, 0.25) is 0 Å². The van der Waals surface area contributed by atoms with E-state index in [9.17, 15) is 0 Å². The first-order valence-electron chi connectivity index (χ1n) is 8.23. The molecule has 126 valence electrons. The van der Waals surface area contributed by atoms with Crippen molar-refractivity contribution in [2.75, 3.05) is 5.32 Å². The molecule has 0 unspecified atom stereocenters. The van der Waals surface area contributed by atoms with Gasteiger partial charge in [-0.05, 0) is 54.9 Å². The molecule has 1 heterocycles. The molecule has 0 saturated heterocycles. The van der Waals surface area contributed by atoms with E-state index < -0.39 is 0 Å². The summed E-state index contributed by atoms with van der Waals surface area (Å²) in [6.07, 6.45) is 3.49. The average molecular weight is 347 g/mol. The lowest BCUT2D eigenvalue weighted by molar-refractivity contribution is 0.762. The Labute approximate surface area is 154 Å². The molecule has 4 heteroatoms. The van der Waals surface area contributed by atoms with Crippen LogP contribution in [-0.4, -0.2) is 10.1 Å². The fraction of sp³-hybridized carbons (Fsp3) is 0.143. The molecule has 0 saturated carbocycles. The van der Waals surface area contributed by atoms with Crippen molar-refractivity contribution in [3.63, 3.8) is 0 Å². The smallest absolute Gasteiger partial charge is 0.171 e. The topological polar surface area (TPSA) is 37.0 Å². The molecular weight excluding hydrogens is 326 g/mol. The Kier molecular flexibility index (Phi) is 5.41. The molecular formula is C21H21N3S. The Bertz CT molecular complexity index is 848. The minimum atomic E-state index is -0.0153. The van der Waals surface area contributed by atoms with Gasteiger partial charge in [0.25, 0.3) is 0 Å². The average Bonchev–Trinajstić information content (AvgIpc) is 2.62. The summed E-state index contributed by atoms with van der Waals surface area (Å²) in [6.45, 7) is 4.24. The lowest BCUT2D eigenvalue weighted by Gasteiger charge is -2.23. The fourth-order valence-electron chi connectivity index (χ4n) is 2.87. The lowest BCUT2D eigenvalue weighted by atomic mass is 9.94. The molecule has 0 amide bonds. The van der Waals surface area contributed by atoms with Gasteiger partial charge in [-0.2, -0.15) is 0 Å². The number of hydrogen-bond acceptors (Lipinski definition) is 2. The van der Waals surface area contributed by atoms with Crippen molar-refractivity contribution in [2.24, 2.45) is 0 Å². The summed E-state index contributed by atoms with van der Waals surface area (Å²) in [5.74, 6) is 0. The number of hydrogen-bond donors (Lipinski definition) is 2. The molecule has 3 nitrogen and oxygen atoms in total. The van der Waals surface area contributed by atoms with Crippen LogP contribution in [0.3, 0.4) is 0 Å². The summed E-state index contributed by atoms with van der Waals surface area (Å²) in [5.41, 5.74) is 5.75. The highest BCUT2D eigenvalue weighted by Crippen LogP contribution is 2.26. The summed E-state index contributed by atoms with van der Waals surface area (Å²) >= 11 is 5.53. The number of nitrogens with one attached hydrogen (secondary N) is 2. The molecule has 0 bridgehead atoms. The van der Waals surface area contributed by atoms with E-state index in [2.05, 4.69) is 59.8 Å².